The van der Waals surface area contributed by atoms with Gasteiger partial charge in [0.15, 0.2) is 11.6 Å². The molecule has 0 heterocycles. The molecule has 0 radical (unpaired) electrons. The Morgan fingerprint density at radius 3 is 2.68 bits per heavy atom. The summed E-state index contributed by atoms with van der Waals surface area (Å²) in [6, 6.07) is 4.00. The summed E-state index contributed by atoms with van der Waals surface area (Å²) in [5.41, 5.74) is 0.148. The van der Waals surface area contributed by atoms with E-state index in [0.717, 1.165) is 12.5 Å². The minimum absolute atomic E-state index is 0.0463. The Morgan fingerprint density at radius 2 is 2.05 bits per heavy atom. The van der Waals surface area contributed by atoms with Gasteiger partial charge in [0.1, 0.15) is 0 Å². The van der Waals surface area contributed by atoms with Gasteiger partial charge in [-0.05, 0) is 36.3 Å². The van der Waals surface area contributed by atoms with Crippen molar-refractivity contribution in [2.75, 3.05) is 0 Å². The molecule has 2 unspecified atom stereocenters. The van der Waals surface area contributed by atoms with Crippen molar-refractivity contribution in [1.29, 1.82) is 0 Å². The van der Waals surface area contributed by atoms with E-state index in [1.165, 1.54) is 12.1 Å². The monoisotopic (exact) mass is 268 g/mol. The highest BCUT2D eigenvalue weighted by molar-refractivity contribution is 5.71. The first-order valence-electron chi connectivity index (χ1n) is 6.48. The van der Waals surface area contributed by atoms with Crippen LogP contribution in [0, 0.1) is 23.0 Å². The molecule has 104 valence electrons. The normalized spacial score (nSPS) is 26.1. The summed E-state index contributed by atoms with van der Waals surface area (Å²) in [6.07, 6.45) is 1.85. The van der Waals surface area contributed by atoms with Gasteiger partial charge in [-0.25, -0.2) is 8.78 Å². The van der Waals surface area contributed by atoms with E-state index in [1.54, 1.807) is 0 Å². The van der Waals surface area contributed by atoms with Crippen molar-refractivity contribution in [2.45, 2.75) is 39.0 Å². The fraction of sp³-hybridized carbons (Fsp3) is 0.533. The van der Waals surface area contributed by atoms with Crippen LogP contribution in [0.1, 0.15) is 44.6 Å². The molecule has 1 fully saturated rings. The van der Waals surface area contributed by atoms with E-state index in [1.807, 2.05) is 13.8 Å². The highest BCUT2D eigenvalue weighted by Gasteiger charge is 2.40. The van der Waals surface area contributed by atoms with E-state index >= 15 is 0 Å². The molecule has 1 saturated carbocycles. The van der Waals surface area contributed by atoms with Gasteiger partial charge in [0.25, 0.3) is 0 Å². The Bertz CT molecular complexity index is 497. The molecule has 0 saturated heterocycles. The Labute approximate surface area is 111 Å². The largest absolute Gasteiger partial charge is 0.481 e. The van der Waals surface area contributed by atoms with Gasteiger partial charge in [-0.3, -0.25) is 4.79 Å². The number of carboxylic acids is 1. The van der Waals surface area contributed by atoms with Crippen LogP contribution in [-0.2, 0) is 4.79 Å². The SMILES string of the molecule is CC1(C)CCC(C(=O)O)C(c2cccc(F)c2F)C1. The van der Waals surface area contributed by atoms with E-state index in [-0.39, 0.29) is 11.0 Å². The van der Waals surface area contributed by atoms with Gasteiger partial charge in [-0.15, -0.1) is 0 Å². The lowest BCUT2D eigenvalue weighted by Crippen LogP contribution is -2.33. The van der Waals surface area contributed by atoms with Gasteiger partial charge >= 0.3 is 5.97 Å². The maximum Gasteiger partial charge on any atom is 0.307 e. The Balaban J connectivity index is 2.42. The molecule has 2 nitrogen and oxygen atoms in total. The highest BCUT2D eigenvalue weighted by Crippen LogP contribution is 2.47. The summed E-state index contributed by atoms with van der Waals surface area (Å²) in [4.78, 5) is 11.3. The lowest BCUT2D eigenvalue weighted by Gasteiger charge is -2.39. The van der Waals surface area contributed by atoms with Crippen LogP contribution in [0.5, 0.6) is 0 Å². The second kappa shape index (κ2) is 4.91. The minimum atomic E-state index is -0.927. The van der Waals surface area contributed by atoms with Gasteiger partial charge in [-0.2, -0.15) is 0 Å². The number of carbonyl (C=O) groups is 1. The third-order valence-electron chi connectivity index (χ3n) is 4.09. The van der Waals surface area contributed by atoms with Crippen LogP contribution in [0.3, 0.4) is 0 Å². The molecule has 1 aliphatic carbocycles. The lowest BCUT2D eigenvalue weighted by molar-refractivity contribution is -0.144. The van der Waals surface area contributed by atoms with E-state index in [4.69, 9.17) is 0 Å². The molecule has 1 aromatic rings. The molecule has 1 aliphatic rings. The van der Waals surface area contributed by atoms with Crippen LogP contribution in [0.15, 0.2) is 18.2 Å². The molecule has 19 heavy (non-hydrogen) atoms. The molecule has 0 amide bonds. The molecular formula is C15H18F2O2. The van der Waals surface area contributed by atoms with Gasteiger partial charge in [0.2, 0.25) is 0 Å². The zero-order valence-corrected chi connectivity index (χ0v) is 11.1. The third kappa shape index (κ3) is 2.77. The number of carboxylic acid groups (broad SMARTS) is 1. The fourth-order valence-electron chi connectivity index (χ4n) is 3.02. The standard InChI is InChI=1S/C15H18F2O2/c1-15(2)7-6-10(14(18)19)11(8-15)9-4-3-5-12(16)13(9)17/h3-5,10-11H,6-8H2,1-2H3,(H,18,19). The third-order valence-corrected chi connectivity index (χ3v) is 4.09. The smallest absolute Gasteiger partial charge is 0.307 e. The van der Waals surface area contributed by atoms with Gasteiger partial charge in [0, 0.05) is 5.92 Å². The van der Waals surface area contributed by atoms with E-state index in [9.17, 15) is 18.7 Å². The van der Waals surface area contributed by atoms with Crippen LogP contribution >= 0.6 is 0 Å². The molecule has 2 rings (SSSR count). The molecule has 0 bridgehead atoms. The van der Waals surface area contributed by atoms with Crippen molar-refractivity contribution in [3.63, 3.8) is 0 Å². The summed E-state index contributed by atoms with van der Waals surface area (Å²) in [7, 11) is 0. The van der Waals surface area contributed by atoms with Crippen molar-refractivity contribution < 1.29 is 18.7 Å². The molecule has 0 aromatic heterocycles. The predicted molar refractivity (Wildman–Crippen MR) is 67.9 cm³/mol. The van der Waals surface area contributed by atoms with E-state index in [0.29, 0.717) is 12.8 Å². The topological polar surface area (TPSA) is 37.3 Å². The van der Waals surface area contributed by atoms with Crippen LogP contribution in [0.2, 0.25) is 0 Å². The number of aliphatic carboxylic acids is 1. The second-order valence-electron chi connectivity index (χ2n) is 6.10. The lowest BCUT2D eigenvalue weighted by atomic mass is 9.65. The van der Waals surface area contributed by atoms with Crippen molar-refractivity contribution in [2.24, 2.45) is 11.3 Å². The second-order valence-corrected chi connectivity index (χ2v) is 6.10. The number of hydrogen-bond donors (Lipinski definition) is 1. The highest BCUT2D eigenvalue weighted by atomic mass is 19.2. The summed E-state index contributed by atoms with van der Waals surface area (Å²) in [5.74, 6) is -3.84. The summed E-state index contributed by atoms with van der Waals surface area (Å²) in [5, 5.41) is 9.28. The van der Waals surface area contributed by atoms with Crippen LogP contribution in [-0.4, -0.2) is 11.1 Å². The van der Waals surface area contributed by atoms with E-state index in [2.05, 4.69) is 0 Å². The number of benzene rings is 1. The maximum absolute atomic E-state index is 13.9. The van der Waals surface area contributed by atoms with Crippen molar-refractivity contribution in [1.82, 2.24) is 0 Å². The molecule has 0 aliphatic heterocycles. The first-order valence-corrected chi connectivity index (χ1v) is 6.48. The summed E-state index contributed by atoms with van der Waals surface area (Å²) < 4.78 is 27.2. The quantitative estimate of drug-likeness (QED) is 0.881. The molecule has 1 aromatic carbocycles. The van der Waals surface area contributed by atoms with Crippen molar-refractivity contribution in [3.8, 4) is 0 Å². The Kier molecular flexibility index (Phi) is 3.61. The van der Waals surface area contributed by atoms with Crippen LogP contribution in [0.25, 0.3) is 0 Å². The Morgan fingerprint density at radius 1 is 1.37 bits per heavy atom. The average molecular weight is 268 g/mol. The molecule has 2 atom stereocenters. The van der Waals surface area contributed by atoms with E-state index < -0.39 is 29.4 Å². The Hall–Kier alpha value is -1.45. The number of hydrogen-bond acceptors (Lipinski definition) is 1. The maximum atomic E-state index is 13.9. The molecule has 1 N–H and O–H groups in total. The zero-order valence-electron chi connectivity index (χ0n) is 11.1. The molecule has 0 spiro atoms. The minimum Gasteiger partial charge on any atom is -0.481 e. The summed E-state index contributed by atoms with van der Waals surface area (Å²) >= 11 is 0. The van der Waals surface area contributed by atoms with Crippen molar-refractivity contribution >= 4 is 5.97 Å². The predicted octanol–water partition coefficient (Wildman–Crippen LogP) is 3.96. The van der Waals surface area contributed by atoms with Crippen LogP contribution < -0.4 is 0 Å². The molecular weight excluding hydrogens is 250 g/mol. The zero-order chi connectivity index (χ0) is 14.2. The van der Waals surface area contributed by atoms with Gasteiger partial charge in [0.05, 0.1) is 5.92 Å². The molecule has 4 heteroatoms. The van der Waals surface area contributed by atoms with Gasteiger partial charge in [-0.1, -0.05) is 26.0 Å². The van der Waals surface area contributed by atoms with Crippen LogP contribution in [0.4, 0.5) is 8.78 Å². The number of rotatable bonds is 2. The first-order chi connectivity index (χ1) is 8.82. The van der Waals surface area contributed by atoms with Gasteiger partial charge < -0.3 is 5.11 Å². The summed E-state index contributed by atoms with van der Waals surface area (Å²) in [6.45, 7) is 4.07. The fourth-order valence-corrected chi connectivity index (χ4v) is 3.02. The number of halogens is 2. The average Bonchev–Trinajstić information content (AvgIpc) is 2.31. The van der Waals surface area contributed by atoms with Crippen molar-refractivity contribution in [3.05, 3.63) is 35.4 Å². The first kappa shape index (κ1) is 14.0.